The highest BCUT2D eigenvalue weighted by Crippen LogP contribution is 2.33. The molecule has 1 saturated carbocycles. The van der Waals surface area contributed by atoms with E-state index in [1.54, 1.807) is 0 Å². The number of unbranched alkanes of at least 4 members (excludes halogenated alkanes) is 2. The topological polar surface area (TPSA) is 37.3 Å². The summed E-state index contributed by atoms with van der Waals surface area (Å²) in [6.07, 6.45) is 8.17. The minimum Gasteiger partial charge on any atom is -0.481 e. The lowest BCUT2D eigenvalue weighted by Crippen LogP contribution is -2.21. The summed E-state index contributed by atoms with van der Waals surface area (Å²) in [7, 11) is 1.08. The fraction of sp³-hybridized carbons (Fsp3) is 0.917. The van der Waals surface area contributed by atoms with E-state index in [9.17, 15) is 4.79 Å². The first-order valence-electron chi connectivity index (χ1n) is 6.20. The van der Waals surface area contributed by atoms with E-state index in [-0.39, 0.29) is 5.92 Å². The minimum atomic E-state index is -0.581. The first kappa shape index (κ1) is 12.8. The monoisotopic (exact) mass is 226 g/mol. The highest BCUT2D eigenvalue weighted by atomic mass is 28.2. The molecule has 2 radical (unpaired) electrons. The van der Waals surface area contributed by atoms with Crippen LogP contribution in [0.1, 0.15) is 51.9 Å². The molecule has 0 atom stereocenters. The van der Waals surface area contributed by atoms with Crippen molar-refractivity contribution in [3.05, 3.63) is 0 Å². The van der Waals surface area contributed by atoms with Crippen LogP contribution in [0.25, 0.3) is 0 Å². The molecular weight excluding hydrogens is 204 g/mol. The van der Waals surface area contributed by atoms with E-state index in [1.165, 1.54) is 25.3 Å². The highest BCUT2D eigenvalue weighted by Gasteiger charge is 2.25. The zero-order valence-electron chi connectivity index (χ0n) is 9.67. The molecule has 0 unspecified atom stereocenters. The Morgan fingerprint density at radius 1 is 1.27 bits per heavy atom. The van der Waals surface area contributed by atoms with Crippen molar-refractivity contribution in [1.82, 2.24) is 0 Å². The lowest BCUT2D eigenvalue weighted by atomic mass is 9.89. The standard InChI is InChI=1S/C12H22O2Si/c1-2-3-4-9-15-11-7-5-10(6-8-11)12(13)14/h10-11H,2-9H2,1H3,(H,13,14). The lowest BCUT2D eigenvalue weighted by Gasteiger charge is -2.25. The normalized spacial score (nSPS) is 26.5. The second-order valence-corrected chi connectivity index (χ2v) is 6.27. The van der Waals surface area contributed by atoms with Crippen LogP contribution < -0.4 is 0 Å². The molecule has 1 aliphatic carbocycles. The van der Waals surface area contributed by atoms with Gasteiger partial charge >= 0.3 is 5.97 Å². The van der Waals surface area contributed by atoms with E-state index in [0.29, 0.717) is 0 Å². The average Bonchev–Trinajstić information content (AvgIpc) is 2.25. The van der Waals surface area contributed by atoms with Gasteiger partial charge in [-0.05, 0) is 18.4 Å². The van der Waals surface area contributed by atoms with E-state index in [2.05, 4.69) is 6.92 Å². The van der Waals surface area contributed by atoms with Crippen molar-refractivity contribution in [2.24, 2.45) is 5.92 Å². The number of hydrogen-bond donors (Lipinski definition) is 1. The van der Waals surface area contributed by atoms with Crippen molar-refractivity contribution in [3.63, 3.8) is 0 Å². The lowest BCUT2D eigenvalue weighted by molar-refractivity contribution is -0.142. The summed E-state index contributed by atoms with van der Waals surface area (Å²) in [4.78, 5) is 10.8. The molecule has 0 bridgehead atoms. The highest BCUT2D eigenvalue weighted by molar-refractivity contribution is 6.37. The fourth-order valence-corrected chi connectivity index (χ4v) is 3.83. The zero-order chi connectivity index (χ0) is 11.1. The third-order valence-corrected chi connectivity index (χ3v) is 5.09. The Labute approximate surface area is 95.3 Å². The van der Waals surface area contributed by atoms with Crippen molar-refractivity contribution in [2.45, 2.75) is 63.5 Å². The summed E-state index contributed by atoms with van der Waals surface area (Å²) >= 11 is 0. The van der Waals surface area contributed by atoms with Crippen LogP contribution in [0.3, 0.4) is 0 Å². The van der Waals surface area contributed by atoms with Gasteiger partial charge in [-0.15, -0.1) is 0 Å². The molecule has 0 aromatic carbocycles. The first-order chi connectivity index (χ1) is 7.24. The summed E-state index contributed by atoms with van der Waals surface area (Å²) in [6.45, 7) is 2.24. The number of hydrogen-bond acceptors (Lipinski definition) is 1. The van der Waals surface area contributed by atoms with Gasteiger partial charge in [0.1, 0.15) is 0 Å². The maximum Gasteiger partial charge on any atom is 0.306 e. The van der Waals surface area contributed by atoms with Crippen molar-refractivity contribution in [1.29, 1.82) is 0 Å². The number of carboxylic acids is 1. The van der Waals surface area contributed by atoms with Crippen LogP contribution in [0.2, 0.25) is 11.6 Å². The Morgan fingerprint density at radius 2 is 1.93 bits per heavy atom. The van der Waals surface area contributed by atoms with Gasteiger partial charge in [-0.25, -0.2) is 0 Å². The number of aliphatic carboxylic acids is 1. The second kappa shape index (κ2) is 7.04. The van der Waals surface area contributed by atoms with Crippen LogP contribution in [0.4, 0.5) is 0 Å². The smallest absolute Gasteiger partial charge is 0.306 e. The van der Waals surface area contributed by atoms with Gasteiger partial charge in [0.25, 0.3) is 0 Å². The largest absolute Gasteiger partial charge is 0.481 e. The zero-order valence-corrected chi connectivity index (χ0v) is 10.7. The molecule has 2 nitrogen and oxygen atoms in total. The molecule has 1 aliphatic rings. The molecule has 1 rings (SSSR count). The molecule has 0 spiro atoms. The van der Waals surface area contributed by atoms with Crippen LogP contribution in [-0.4, -0.2) is 20.6 Å². The number of carboxylic acid groups (broad SMARTS) is 1. The van der Waals surface area contributed by atoms with E-state index in [0.717, 1.165) is 40.7 Å². The SMILES string of the molecule is CCCCC[Si]C1CCC(C(=O)O)CC1. The van der Waals surface area contributed by atoms with Crippen molar-refractivity contribution in [2.75, 3.05) is 0 Å². The molecule has 0 saturated heterocycles. The van der Waals surface area contributed by atoms with E-state index >= 15 is 0 Å². The van der Waals surface area contributed by atoms with Gasteiger partial charge in [0.05, 0.1) is 5.92 Å². The molecule has 1 N–H and O–H groups in total. The summed E-state index contributed by atoms with van der Waals surface area (Å²) in [5.41, 5.74) is 0.845. The second-order valence-electron chi connectivity index (χ2n) is 4.55. The molecular formula is C12H22O2Si. The molecule has 0 amide bonds. The molecule has 0 aromatic rings. The van der Waals surface area contributed by atoms with E-state index in [4.69, 9.17) is 5.11 Å². The van der Waals surface area contributed by atoms with Gasteiger partial charge in [-0.3, -0.25) is 4.79 Å². The maximum atomic E-state index is 10.8. The Morgan fingerprint density at radius 3 is 2.47 bits per heavy atom. The predicted molar refractivity (Wildman–Crippen MR) is 63.4 cm³/mol. The van der Waals surface area contributed by atoms with Gasteiger partial charge < -0.3 is 5.11 Å². The first-order valence-corrected chi connectivity index (χ1v) is 7.48. The summed E-state index contributed by atoms with van der Waals surface area (Å²) in [5.74, 6) is -0.621. The molecule has 15 heavy (non-hydrogen) atoms. The molecule has 3 heteroatoms. The van der Waals surface area contributed by atoms with E-state index in [1.807, 2.05) is 0 Å². The van der Waals surface area contributed by atoms with Gasteiger partial charge in [-0.1, -0.05) is 45.1 Å². The van der Waals surface area contributed by atoms with Crippen molar-refractivity contribution in [3.8, 4) is 0 Å². The van der Waals surface area contributed by atoms with Crippen LogP contribution in [0.5, 0.6) is 0 Å². The Bertz CT molecular complexity index is 186. The average molecular weight is 226 g/mol. The third-order valence-electron chi connectivity index (χ3n) is 3.29. The van der Waals surface area contributed by atoms with Crippen molar-refractivity contribution < 1.29 is 9.90 Å². The van der Waals surface area contributed by atoms with Crippen LogP contribution in [-0.2, 0) is 4.79 Å². The number of rotatable bonds is 6. The van der Waals surface area contributed by atoms with Crippen LogP contribution >= 0.6 is 0 Å². The van der Waals surface area contributed by atoms with Gasteiger partial charge in [0.2, 0.25) is 0 Å². The molecule has 0 heterocycles. The summed E-state index contributed by atoms with van der Waals surface area (Å²) < 4.78 is 0. The maximum absolute atomic E-state index is 10.8. The van der Waals surface area contributed by atoms with Crippen molar-refractivity contribution >= 4 is 15.5 Å². The molecule has 86 valence electrons. The fourth-order valence-electron chi connectivity index (χ4n) is 2.23. The molecule has 1 fully saturated rings. The van der Waals surface area contributed by atoms with Crippen LogP contribution in [0.15, 0.2) is 0 Å². The van der Waals surface area contributed by atoms with Crippen LogP contribution in [0, 0.1) is 5.92 Å². The summed E-state index contributed by atoms with van der Waals surface area (Å²) in [6, 6.07) is 1.37. The van der Waals surface area contributed by atoms with Gasteiger partial charge in [0, 0.05) is 9.52 Å². The third kappa shape index (κ3) is 4.82. The Hall–Kier alpha value is -0.313. The minimum absolute atomic E-state index is 0.0401. The van der Waals surface area contributed by atoms with E-state index < -0.39 is 5.97 Å². The molecule has 0 aromatic heterocycles. The predicted octanol–water partition coefficient (Wildman–Crippen LogP) is 3.36. The summed E-state index contributed by atoms with van der Waals surface area (Å²) in [5, 5.41) is 8.87. The Kier molecular flexibility index (Phi) is 5.99. The van der Waals surface area contributed by atoms with Gasteiger partial charge in [-0.2, -0.15) is 0 Å². The number of carbonyl (C=O) groups is 1. The van der Waals surface area contributed by atoms with Gasteiger partial charge in [0.15, 0.2) is 0 Å². The Balaban J connectivity index is 2.07. The quantitative estimate of drug-likeness (QED) is 0.557. The molecule has 0 aliphatic heterocycles.